The molecule has 4 aromatic rings. The fourth-order valence-corrected chi connectivity index (χ4v) is 2.61. The van der Waals surface area contributed by atoms with Gasteiger partial charge in [-0.25, -0.2) is 4.39 Å². The van der Waals surface area contributed by atoms with Crippen LogP contribution < -0.4 is 5.32 Å². The van der Waals surface area contributed by atoms with Crippen LogP contribution in [0.15, 0.2) is 47.0 Å². The molecule has 0 amide bonds. The third kappa shape index (κ3) is 2.71. The lowest BCUT2D eigenvalue weighted by molar-refractivity contribution is 0.520. The molecule has 2 aromatic heterocycles. The molecule has 120 valence electrons. The van der Waals surface area contributed by atoms with E-state index in [1.165, 1.54) is 12.1 Å². The van der Waals surface area contributed by atoms with Crippen molar-refractivity contribution < 1.29 is 8.81 Å². The third-order valence-corrected chi connectivity index (χ3v) is 3.85. The first-order chi connectivity index (χ1) is 11.7. The Labute approximate surface area is 136 Å². The SMILES string of the molecule is Cc1c(Nc2nnc(Cc3cccc(F)c3)o2)ccc2[nH]ncc12. The summed E-state index contributed by atoms with van der Waals surface area (Å²) >= 11 is 0. The number of anilines is 2. The summed E-state index contributed by atoms with van der Waals surface area (Å²) in [7, 11) is 0. The topological polar surface area (TPSA) is 79.6 Å². The fourth-order valence-electron chi connectivity index (χ4n) is 2.61. The zero-order valence-electron chi connectivity index (χ0n) is 12.9. The van der Waals surface area contributed by atoms with Crippen LogP contribution in [0.1, 0.15) is 17.0 Å². The quantitative estimate of drug-likeness (QED) is 0.598. The highest BCUT2D eigenvalue weighted by Gasteiger charge is 2.10. The predicted molar refractivity (Wildman–Crippen MR) is 87.6 cm³/mol. The Hall–Kier alpha value is -3.22. The van der Waals surface area contributed by atoms with Crippen LogP contribution in [0.3, 0.4) is 0 Å². The second-order valence-corrected chi connectivity index (χ2v) is 5.50. The maximum atomic E-state index is 13.2. The number of halogens is 1. The van der Waals surface area contributed by atoms with Crippen molar-refractivity contribution in [2.24, 2.45) is 0 Å². The molecule has 0 radical (unpaired) electrons. The molecule has 0 spiro atoms. The summed E-state index contributed by atoms with van der Waals surface area (Å²) in [6.45, 7) is 1.99. The molecule has 0 unspecified atom stereocenters. The Morgan fingerprint density at radius 2 is 2.12 bits per heavy atom. The zero-order valence-corrected chi connectivity index (χ0v) is 12.9. The van der Waals surface area contributed by atoms with Gasteiger partial charge in [0, 0.05) is 11.1 Å². The van der Waals surface area contributed by atoms with Crippen molar-refractivity contribution in [2.45, 2.75) is 13.3 Å². The van der Waals surface area contributed by atoms with E-state index in [4.69, 9.17) is 4.42 Å². The maximum Gasteiger partial charge on any atom is 0.320 e. The van der Waals surface area contributed by atoms with Gasteiger partial charge in [0.05, 0.1) is 18.1 Å². The molecule has 24 heavy (non-hydrogen) atoms. The minimum atomic E-state index is -0.283. The molecule has 2 heterocycles. The van der Waals surface area contributed by atoms with Crippen molar-refractivity contribution in [3.63, 3.8) is 0 Å². The third-order valence-electron chi connectivity index (χ3n) is 3.85. The number of nitrogens with zero attached hydrogens (tertiary/aromatic N) is 3. The van der Waals surface area contributed by atoms with Crippen molar-refractivity contribution in [1.82, 2.24) is 20.4 Å². The van der Waals surface area contributed by atoms with Crippen LogP contribution in [0, 0.1) is 12.7 Å². The van der Waals surface area contributed by atoms with Gasteiger partial charge in [-0.2, -0.15) is 5.10 Å². The van der Waals surface area contributed by atoms with E-state index < -0.39 is 0 Å². The second kappa shape index (κ2) is 5.77. The minimum Gasteiger partial charge on any atom is -0.408 e. The molecule has 0 fully saturated rings. The van der Waals surface area contributed by atoms with Gasteiger partial charge in [-0.15, -0.1) is 5.10 Å². The van der Waals surface area contributed by atoms with Gasteiger partial charge in [0.2, 0.25) is 5.89 Å². The number of hydrogen-bond acceptors (Lipinski definition) is 5. The first-order valence-electron chi connectivity index (χ1n) is 7.45. The molecule has 0 saturated heterocycles. The number of H-pyrrole nitrogens is 1. The van der Waals surface area contributed by atoms with E-state index >= 15 is 0 Å². The van der Waals surface area contributed by atoms with Gasteiger partial charge in [0.25, 0.3) is 0 Å². The second-order valence-electron chi connectivity index (χ2n) is 5.50. The molecule has 0 atom stereocenters. The average molecular weight is 323 g/mol. The molecule has 6 nitrogen and oxygen atoms in total. The van der Waals surface area contributed by atoms with Crippen LogP contribution in [-0.2, 0) is 6.42 Å². The molecular formula is C17H14FN5O. The molecular weight excluding hydrogens is 309 g/mol. The van der Waals surface area contributed by atoms with Crippen molar-refractivity contribution in [3.8, 4) is 0 Å². The first-order valence-corrected chi connectivity index (χ1v) is 7.45. The number of hydrogen-bond donors (Lipinski definition) is 2. The van der Waals surface area contributed by atoms with E-state index in [1.807, 2.05) is 25.1 Å². The van der Waals surface area contributed by atoms with Gasteiger partial charge < -0.3 is 9.73 Å². The molecule has 4 rings (SSSR count). The average Bonchev–Trinajstić information content (AvgIpc) is 3.20. The lowest BCUT2D eigenvalue weighted by Gasteiger charge is -2.06. The van der Waals surface area contributed by atoms with E-state index in [0.29, 0.717) is 18.3 Å². The molecule has 7 heteroatoms. The van der Waals surface area contributed by atoms with E-state index in [0.717, 1.165) is 27.7 Å². The van der Waals surface area contributed by atoms with Crippen LogP contribution in [0.25, 0.3) is 10.9 Å². The summed E-state index contributed by atoms with van der Waals surface area (Å²) in [5.41, 5.74) is 3.65. The standard InChI is InChI=1S/C17H14FN5O/c1-10-13-9-19-21-15(13)6-5-14(10)20-17-23-22-16(24-17)8-11-3-2-4-12(18)7-11/h2-7,9H,8H2,1H3,(H,19,21)(H,20,23). The first kappa shape index (κ1) is 14.4. The van der Waals surface area contributed by atoms with Crippen LogP contribution in [0.5, 0.6) is 0 Å². The summed E-state index contributed by atoms with van der Waals surface area (Å²) in [6, 6.07) is 10.5. The summed E-state index contributed by atoms with van der Waals surface area (Å²) in [4.78, 5) is 0. The summed E-state index contributed by atoms with van der Waals surface area (Å²) in [5.74, 6) is 0.138. The van der Waals surface area contributed by atoms with Gasteiger partial charge in [0.1, 0.15) is 5.82 Å². The number of benzene rings is 2. The van der Waals surface area contributed by atoms with E-state index in [-0.39, 0.29) is 5.82 Å². The Morgan fingerprint density at radius 3 is 3.00 bits per heavy atom. The van der Waals surface area contributed by atoms with Gasteiger partial charge in [-0.3, -0.25) is 5.10 Å². The maximum absolute atomic E-state index is 13.2. The van der Waals surface area contributed by atoms with Crippen molar-refractivity contribution in [1.29, 1.82) is 0 Å². The van der Waals surface area contributed by atoms with Gasteiger partial charge in [-0.1, -0.05) is 17.2 Å². The molecule has 0 saturated carbocycles. The molecule has 2 N–H and O–H groups in total. The molecule has 2 aromatic carbocycles. The number of nitrogens with one attached hydrogen (secondary N) is 2. The van der Waals surface area contributed by atoms with Crippen molar-refractivity contribution in [2.75, 3.05) is 5.32 Å². The van der Waals surface area contributed by atoms with Crippen LogP contribution in [0.4, 0.5) is 16.1 Å². The van der Waals surface area contributed by atoms with Crippen LogP contribution in [-0.4, -0.2) is 20.4 Å². The van der Waals surface area contributed by atoms with Crippen LogP contribution >= 0.6 is 0 Å². The van der Waals surface area contributed by atoms with Gasteiger partial charge in [-0.05, 0) is 42.3 Å². The monoisotopic (exact) mass is 323 g/mol. The van der Waals surface area contributed by atoms with E-state index in [2.05, 4.69) is 25.7 Å². The normalized spacial score (nSPS) is 11.1. The number of aromatic amines is 1. The number of aryl methyl sites for hydroxylation is 1. The Morgan fingerprint density at radius 1 is 1.21 bits per heavy atom. The fraction of sp³-hybridized carbons (Fsp3) is 0.118. The predicted octanol–water partition coefficient (Wildman–Crippen LogP) is 3.73. The summed E-state index contributed by atoms with van der Waals surface area (Å²) in [6.07, 6.45) is 2.16. The highest BCUT2D eigenvalue weighted by atomic mass is 19.1. The highest BCUT2D eigenvalue weighted by Crippen LogP contribution is 2.26. The van der Waals surface area contributed by atoms with Crippen LogP contribution in [0.2, 0.25) is 0 Å². The lowest BCUT2D eigenvalue weighted by Crippen LogP contribution is -1.93. The van der Waals surface area contributed by atoms with Crippen molar-refractivity contribution in [3.05, 3.63) is 65.4 Å². The molecule has 0 aliphatic heterocycles. The Kier molecular flexibility index (Phi) is 3.45. The zero-order chi connectivity index (χ0) is 16.5. The lowest BCUT2D eigenvalue weighted by atomic mass is 10.1. The highest BCUT2D eigenvalue weighted by molar-refractivity contribution is 5.87. The number of rotatable bonds is 4. The summed E-state index contributed by atoms with van der Waals surface area (Å²) < 4.78 is 18.8. The van der Waals surface area contributed by atoms with Crippen molar-refractivity contribution >= 4 is 22.6 Å². The molecule has 0 bridgehead atoms. The van der Waals surface area contributed by atoms with E-state index in [1.54, 1.807) is 12.3 Å². The van der Waals surface area contributed by atoms with E-state index in [9.17, 15) is 4.39 Å². The Bertz CT molecular complexity index is 1010. The largest absolute Gasteiger partial charge is 0.408 e. The summed E-state index contributed by atoms with van der Waals surface area (Å²) in [5, 5.41) is 19.1. The smallest absolute Gasteiger partial charge is 0.320 e. The van der Waals surface area contributed by atoms with Gasteiger partial charge in [0.15, 0.2) is 0 Å². The number of fused-ring (bicyclic) bond motifs is 1. The minimum absolute atomic E-state index is 0.283. The molecule has 0 aliphatic rings. The Balaban J connectivity index is 1.55. The van der Waals surface area contributed by atoms with Gasteiger partial charge >= 0.3 is 6.01 Å². The molecule has 0 aliphatic carbocycles. The number of aromatic nitrogens is 4.